The van der Waals surface area contributed by atoms with Crippen molar-refractivity contribution in [1.29, 1.82) is 0 Å². The van der Waals surface area contributed by atoms with Crippen LogP contribution in [-0.4, -0.2) is 38.2 Å². The minimum atomic E-state index is -0.377. The second-order valence-electron chi connectivity index (χ2n) is 8.34. The van der Waals surface area contributed by atoms with E-state index in [1.54, 1.807) is 42.2 Å². The van der Waals surface area contributed by atoms with Gasteiger partial charge < -0.3 is 15.4 Å². The number of ether oxygens (including phenoxy) is 1. The highest BCUT2D eigenvalue weighted by molar-refractivity contribution is 6.05. The van der Waals surface area contributed by atoms with Crippen molar-refractivity contribution in [3.05, 3.63) is 77.1 Å². The molecule has 0 aliphatic carbocycles. The fourth-order valence-corrected chi connectivity index (χ4v) is 3.68. The van der Waals surface area contributed by atoms with E-state index in [0.717, 1.165) is 17.5 Å². The van der Waals surface area contributed by atoms with Gasteiger partial charge in [-0.25, -0.2) is 19.4 Å². The van der Waals surface area contributed by atoms with E-state index in [1.165, 1.54) is 0 Å². The number of rotatable bonds is 8. The molecular formula is C26H28N6O3. The standard InChI is InChI=1S/C26H28N6O3/c1-5-11-35-26(34)21-10-9-19(12-16(21)2)25(33)30-20-8-6-7-18(13-20)17(3)29-23-15-27-22-14-28-32(4)24(22)31-23/h6-10,12-15,17H,5,11H2,1-4H3,(H,29,31)(H,30,33)/t17-/m0/s1. The zero-order valence-electron chi connectivity index (χ0n) is 20.2. The van der Waals surface area contributed by atoms with Crippen LogP contribution in [0.15, 0.2) is 54.9 Å². The smallest absolute Gasteiger partial charge is 0.338 e. The van der Waals surface area contributed by atoms with Crippen LogP contribution in [-0.2, 0) is 11.8 Å². The van der Waals surface area contributed by atoms with Gasteiger partial charge in [-0.3, -0.25) is 4.79 Å². The molecule has 0 bridgehead atoms. The summed E-state index contributed by atoms with van der Waals surface area (Å²) in [6.45, 7) is 6.11. The summed E-state index contributed by atoms with van der Waals surface area (Å²) in [5.41, 5.74) is 4.69. The molecule has 4 rings (SSSR count). The van der Waals surface area contributed by atoms with Crippen molar-refractivity contribution in [1.82, 2.24) is 19.7 Å². The second-order valence-corrected chi connectivity index (χ2v) is 8.34. The highest BCUT2D eigenvalue weighted by Crippen LogP contribution is 2.22. The molecule has 180 valence electrons. The number of esters is 1. The van der Waals surface area contributed by atoms with Crippen molar-refractivity contribution in [2.75, 3.05) is 17.2 Å². The molecule has 0 aliphatic rings. The number of nitrogens with one attached hydrogen (secondary N) is 2. The van der Waals surface area contributed by atoms with Gasteiger partial charge in [-0.05, 0) is 61.7 Å². The molecule has 0 radical (unpaired) electrons. The summed E-state index contributed by atoms with van der Waals surface area (Å²) in [5, 5.41) is 10.4. The number of amides is 1. The second kappa shape index (κ2) is 10.3. The first-order chi connectivity index (χ1) is 16.9. The zero-order chi connectivity index (χ0) is 24.9. The highest BCUT2D eigenvalue weighted by Gasteiger charge is 2.15. The summed E-state index contributed by atoms with van der Waals surface area (Å²) < 4.78 is 6.87. The number of hydrogen-bond acceptors (Lipinski definition) is 7. The number of carbonyl (C=O) groups is 2. The van der Waals surface area contributed by atoms with Gasteiger partial charge >= 0.3 is 5.97 Å². The lowest BCUT2D eigenvalue weighted by Gasteiger charge is -2.16. The zero-order valence-corrected chi connectivity index (χ0v) is 20.2. The third-order valence-corrected chi connectivity index (χ3v) is 5.60. The Hall–Kier alpha value is -4.27. The molecule has 2 aromatic heterocycles. The van der Waals surface area contributed by atoms with Gasteiger partial charge in [-0.15, -0.1) is 0 Å². The number of aryl methyl sites for hydroxylation is 2. The van der Waals surface area contributed by atoms with Crippen LogP contribution in [0.5, 0.6) is 0 Å². The Morgan fingerprint density at radius 2 is 1.97 bits per heavy atom. The van der Waals surface area contributed by atoms with Crippen LogP contribution < -0.4 is 10.6 Å². The number of aromatic nitrogens is 4. The minimum Gasteiger partial charge on any atom is -0.462 e. The van der Waals surface area contributed by atoms with E-state index < -0.39 is 0 Å². The van der Waals surface area contributed by atoms with Gasteiger partial charge in [0.2, 0.25) is 0 Å². The van der Waals surface area contributed by atoms with Crippen molar-refractivity contribution >= 4 is 34.5 Å². The summed E-state index contributed by atoms with van der Waals surface area (Å²) in [5.74, 6) is 0.000611. The van der Waals surface area contributed by atoms with Gasteiger partial charge in [0, 0.05) is 18.3 Å². The van der Waals surface area contributed by atoms with E-state index in [2.05, 4.69) is 25.7 Å². The Bertz CT molecular complexity index is 1380. The Morgan fingerprint density at radius 1 is 1.14 bits per heavy atom. The molecule has 2 heterocycles. The molecule has 0 saturated carbocycles. The average Bonchev–Trinajstić information content (AvgIpc) is 3.22. The molecule has 0 saturated heterocycles. The van der Waals surface area contributed by atoms with Crippen molar-refractivity contribution in [3.63, 3.8) is 0 Å². The summed E-state index contributed by atoms with van der Waals surface area (Å²) >= 11 is 0. The quantitative estimate of drug-likeness (QED) is 0.359. The molecule has 2 aromatic carbocycles. The molecule has 35 heavy (non-hydrogen) atoms. The van der Waals surface area contributed by atoms with Crippen molar-refractivity contribution in [2.45, 2.75) is 33.2 Å². The molecule has 9 heteroatoms. The van der Waals surface area contributed by atoms with E-state index in [0.29, 0.717) is 40.4 Å². The molecule has 1 atom stereocenters. The van der Waals surface area contributed by atoms with Gasteiger partial charge in [0.1, 0.15) is 11.3 Å². The molecule has 0 unspecified atom stereocenters. The topological polar surface area (TPSA) is 111 Å². The maximum absolute atomic E-state index is 12.9. The summed E-state index contributed by atoms with van der Waals surface area (Å²) in [6, 6.07) is 12.5. The predicted octanol–water partition coefficient (Wildman–Crippen LogP) is 4.66. The lowest BCUT2D eigenvalue weighted by atomic mass is 10.0. The molecule has 9 nitrogen and oxygen atoms in total. The monoisotopic (exact) mass is 472 g/mol. The van der Waals surface area contributed by atoms with Crippen LogP contribution in [0.2, 0.25) is 0 Å². The lowest BCUT2D eigenvalue weighted by Crippen LogP contribution is -2.14. The Labute approximate surface area is 203 Å². The van der Waals surface area contributed by atoms with E-state index in [4.69, 9.17) is 4.74 Å². The SMILES string of the molecule is CCCOC(=O)c1ccc(C(=O)Nc2cccc([C@H](C)Nc3cnc4cnn(C)c4n3)c2)cc1C. The first-order valence-corrected chi connectivity index (χ1v) is 11.5. The molecule has 0 aliphatic heterocycles. The Kier molecular flexibility index (Phi) is 7.05. The van der Waals surface area contributed by atoms with Crippen LogP contribution in [0.1, 0.15) is 58.2 Å². The summed E-state index contributed by atoms with van der Waals surface area (Å²) in [4.78, 5) is 34.0. The van der Waals surface area contributed by atoms with Crippen LogP contribution in [0, 0.1) is 6.92 Å². The van der Waals surface area contributed by atoms with Crippen molar-refractivity contribution in [2.24, 2.45) is 7.05 Å². The first-order valence-electron chi connectivity index (χ1n) is 11.5. The molecule has 2 N–H and O–H groups in total. The molecule has 0 spiro atoms. The number of benzene rings is 2. The number of nitrogens with zero attached hydrogens (tertiary/aromatic N) is 4. The third-order valence-electron chi connectivity index (χ3n) is 5.60. The highest BCUT2D eigenvalue weighted by atomic mass is 16.5. The normalized spacial score (nSPS) is 11.8. The van der Waals surface area contributed by atoms with Crippen molar-refractivity contribution in [3.8, 4) is 0 Å². The number of fused-ring (bicyclic) bond motifs is 1. The van der Waals surface area contributed by atoms with Crippen LogP contribution in [0.4, 0.5) is 11.5 Å². The first kappa shape index (κ1) is 23.9. The number of anilines is 2. The maximum atomic E-state index is 12.9. The maximum Gasteiger partial charge on any atom is 0.338 e. The molecule has 0 fully saturated rings. The van der Waals surface area contributed by atoms with Gasteiger partial charge in [0.25, 0.3) is 5.91 Å². The predicted molar refractivity (Wildman–Crippen MR) is 134 cm³/mol. The molecule has 1 amide bonds. The van der Waals surface area contributed by atoms with Gasteiger partial charge in [0.15, 0.2) is 5.65 Å². The van der Waals surface area contributed by atoms with E-state index in [9.17, 15) is 9.59 Å². The van der Waals surface area contributed by atoms with Gasteiger partial charge in [-0.2, -0.15) is 5.10 Å². The molecule has 4 aromatic rings. The largest absolute Gasteiger partial charge is 0.462 e. The third kappa shape index (κ3) is 5.46. The molecular weight excluding hydrogens is 444 g/mol. The van der Waals surface area contributed by atoms with E-state index in [-0.39, 0.29) is 17.9 Å². The van der Waals surface area contributed by atoms with Crippen LogP contribution in [0.25, 0.3) is 11.2 Å². The minimum absolute atomic E-state index is 0.0810. The van der Waals surface area contributed by atoms with E-state index in [1.807, 2.05) is 45.2 Å². The number of hydrogen-bond donors (Lipinski definition) is 2. The van der Waals surface area contributed by atoms with Gasteiger partial charge in [-0.1, -0.05) is 19.1 Å². The Balaban J connectivity index is 1.44. The number of carbonyl (C=O) groups excluding carboxylic acids is 2. The van der Waals surface area contributed by atoms with Crippen LogP contribution >= 0.6 is 0 Å². The summed E-state index contributed by atoms with van der Waals surface area (Å²) in [6.07, 6.45) is 4.11. The van der Waals surface area contributed by atoms with Gasteiger partial charge in [0.05, 0.1) is 30.6 Å². The van der Waals surface area contributed by atoms with Crippen LogP contribution in [0.3, 0.4) is 0 Å². The summed E-state index contributed by atoms with van der Waals surface area (Å²) in [7, 11) is 1.82. The fourth-order valence-electron chi connectivity index (χ4n) is 3.68. The van der Waals surface area contributed by atoms with E-state index >= 15 is 0 Å². The van der Waals surface area contributed by atoms with Crippen molar-refractivity contribution < 1.29 is 14.3 Å². The Morgan fingerprint density at radius 3 is 2.74 bits per heavy atom. The average molecular weight is 473 g/mol. The fraction of sp³-hybridized carbons (Fsp3) is 0.269. The lowest BCUT2D eigenvalue weighted by molar-refractivity contribution is 0.0504.